The molecular formula is C26H27N5O4. The summed E-state index contributed by atoms with van der Waals surface area (Å²) in [6.45, 7) is 6.10. The van der Waals surface area contributed by atoms with Gasteiger partial charge >= 0.3 is 5.97 Å². The summed E-state index contributed by atoms with van der Waals surface area (Å²) in [6, 6.07) is 12.0. The minimum Gasteiger partial charge on any atom is -0.480 e. The Labute approximate surface area is 202 Å². The van der Waals surface area contributed by atoms with Crippen LogP contribution in [0.5, 0.6) is 0 Å². The predicted molar refractivity (Wildman–Crippen MR) is 131 cm³/mol. The Morgan fingerprint density at radius 1 is 1.09 bits per heavy atom. The molecule has 2 aromatic heterocycles. The van der Waals surface area contributed by atoms with E-state index < -0.39 is 12.0 Å². The minimum absolute atomic E-state index is 0.155. The van der Waals surface area contributed by atoms with Gasteiger partial charge in [0.25, 0.3) is 5.91 Å². The highest BCUT2D eigenvalue weighted by Crippen LogP contribution is 2.21. The van der Waals surface area contributed by atoms with Crippen molar-refractivity contribution in [3.63, 3.8) is 0 Å². The number of amides is 1. The van der Waals surface area contributed by atoms with Crippen LogP contribution in [0.2, 0.25) is 0 Å². The van der Waals surface area contributed by atoms with Crippen molar-refractivity contribution in [2.75, 3.05) is 5.32 Å². The zero-order valence-electron chi connectivity index (χ0n) is 19.8. The maximum absolute atomic E-state index is 12.9. The Morgan fingerprint density at radius 3 is 2.43 bits per heavy atom. The van der Waals surface area contributed by atoms with Gasteiger partial charge in [-0.05, 0) is 37.5 Å². The molecule has 0 bridgehead atoms. The van der Waals surface area contributed by atoms with E-state index in [0.29, 0.717) is 29.5 Å². The number of imidazole rings is 1. The molecule has 35 heavy (non-hydrogen) atoms. The van der Waals surface area contributed by atoms with Gasteiger partial charge in [-0.25, -0.2) is 9.78 Å². The molecule has 1 amide bonds. The first-order chi connectivity index (χ1) is 16.8. The molecule has 0 aliphatic heterocycles. The zero-order valence-corrected chi connectivity index (χ0v) is 19.8. The average Bonchev–Trinajstić information content (AvgIpc) is 3.49. The molecule has 1 atom stereocenters. The van der Waals surface area contributed by atoms with E-state index in [4.69, 9.17) is 4.52 Å². The summed E-state index contributed by atoms with van der Waals surface area (Å²) in [5, 5.41) is 19.6. The summed E-state index contributed by atoms with van der Waals surface area (Å²) in [7, 11) is 0. The molecular weight excluding hydrogens is 446 g/mol. The van der Waals surface area contributed by atoms with Crippen LogP contribution in [0.25, 0.3) is 11.3 Å². The molecule has 0 aliphatic rings. The molecule has 0 radical (unpaired) electrons. The van der Waals surface area contributed by atoms with E-state index in [0.717, 1.165) is 27.8 Å². The largest absolute Gasteiger partial charge is 0.480 e. The minimum atomic E-state index is -1.09. The highest BCUT2D eigenvalue weighted by molar-refractivity contribution is 5.99. The van der Waals surface area contributed by atoms with Crippen LogP contribution < -0.4 is 10.6 Å². The first kappa shape index (κ1) is 23.7. The van der Waals surface area contributed by atoms with E-state index in [2.05, 4.69) is 25.8 Å². The molecule has 0 saturated heterocycles. The van der Waals surface area contributed by atoms with Crippen LogP contribution in [-0.2, 0) is 17.8 Å². The van der Waals surface area contributed by atoms with Gasteiger partial charge in [-0.15, -0.1) is 0 Å². The predicted octanol–water partition coefficient (Wildman–Crippen LogP) is 4.03. The number of aromatic amines is 1. The van der Waals surface area contributed by atoms with Crippen LogP contribution in [0.1, 0.15) is 38.4 Å². The van der Waals surface area contributed by atoms with Gasteiger partial charge in [0.15, 0.2) is 11.7 Å². The maximum atomic E-state index is 12.9. The number of nitrogens with one attached hydrogen (secondary N) is 3. The lowest BCUT2D eigenvalue weighted by Gasteiger charge is -2.17. The number of aryl methyl sites for hydroxylation is 3. The van der Waals surface area contributed by atoms with E-state index in [-0.39, 0.29) is 12.3 Å². The molecule has 4 aromatic rings. The number of carbonyl (C=O) groups excluding carboxylic acids is 1. The van der Waals surface area contributed by atoms with Gasteiger partial charge in [-0.1, -0.05) is 47.1 Å². The van der Waals surface area contributed by atoms with E-state index >= 15 is 0 Å². The fourth-order valence-electron chi connectivity index (χ4n) is 4.08. The molecule has 9 nitrogen and oxygen atoms in total. The number of aromatic nitrogens is 3. The second-order valence-corrected chi connectivity index (χ2v) is 8.51. The first-order valence-corrected chi connectivity index (χ1v) is 11.2. The van der Waals surface area contributed by atoms with Crippen molar-refractivity contribution in [2.24, 2.45) is 0 Å². The van der Waals surface area contributed by atoms with Crippen LogP contribution in [0, 0.1) is 20.8 Å². The number of carbonyl (C=O) groups is 2. The van der Waals surface area contributed by atoms with E-state index in [9.17, 15) is 14.7 Å². The van der Waals surface area contributed by atoms with Gasteiger partial charge < -0.3 is 25.2 Å². The molecule has 2 aromatic carbocycles. The Hall–Kier alpha value is -4.40. The van der Waals surface area contributed by atoms with Gasteiger partial charge in [-0.3, -0.25) is 4.79 Å². The molecule has 0 saturated carbocycles. The van der Waals surface area contributed by atoms with E-state index in [1.807, 2.05) is 63.2 Å². The lowest BCUT2D eigenvalue weighted by Crippen LogP contribution is -2.42. The normalized spacial score (nSPS) is 11.7. The number of aliphatic carboxylic acids is 1. The summed E-state index contributed by atoms with van der Waals surface area (Å²) in [5.41, 5.74) is 5.49. The van der Waals surface area contributed by atoms with Gasteiger partial charge in [0.2, 0.25) is 0 Å². The molecule has 1 unspecified atom stereocenters. The monoisotopic (exact) mass is 473 g/mol. The first-order valence-electron chi connectivity index (χ1n) is 11.2. The zero-order chi connectivity index (χ0) is 24.9. The third-order valence-corrected chi connectivity index (χ3v) is 5.68. The lowest BCUT2D eigenvalue weighted by molar-refractivity contribution is -0.139. The second-order valence-electron chi connectivity index (χ2n) is 8.51. The maximum Gasteiger partial charge on any atom is 0.326 e. The van der Waals surface area contributed by atoms with Crippen LogP contribution in [0.4, 0.5) is 5.95 Å². The van der Waals surface area contributed by atoms with Crippen molar-refractivity contribution < 1.29 is 19.2 Å². The summed E-state index contributed by atoms with van der Waals surface area (Å²) >= 11 is 0. The van der Waals surface area contributed by atoms with Crippen LogP contribution in [0.15, 0.2) is 59.4 Å². The highest BCUT2D eigenvalue weighted by atomic mass is 16.5. The summed E-state index contributed by atoms with van der Waals surface area (Å²) in [5.74, 6) is -0.187. The summed E-state index contributed by atoms with van der Waals surface area (Å²) in [6.07, 6.45) is 3.53. The fraction of sp³-hybridized carbons (Fsp3) is 0.231. The number of anilines is 1. The SMILES string of the molecule is Cc1cc(C)c(C(=O)NC(Cc2ccc(-c3cc(CNc4ncc[nH]4)on3)cc2)C(=O)O)c(C)c1. The van der Waals surface area contributed by atoms with Gasteiger partial charge in [0, 0.05) is 36.0 Å². The Bertz CT molecular complexity index is 1300. The molecule has 2 heterocycles. The molecule has 0 spiro atoms. The topological polar surface area (TPSA) is 133 Å². The Morgan fingerprint density at radius 2 is 1.80 bits per heavy atom. The standard InChI is InChI=1S/C26H27N5O4/c1-15-10-16(2)23(17(3)11-15)24(32)30-22(25(33)34)12-18-4-6-19(7-5-18)21-13-20(35-31-21)14-29-26-27-8-9-28-26/h4-11,13,22H,12,14H2,1-3H3,(H,30,32)(H,33,34)(H2,27,28,29). The molecule has 0 fully saturated rings. The van der Waals surface area contributed by atoms with E-state index in [1.165, 1.54) is 0 Å². The van der Waals surface area contributed by atoms with Crippen LogP contribution in [-0.4, -0.2) is 38.1 Å². The Balaban J connectivity index is 1.41. The quantitative estimate of drug-likeness (QED) is 0.288. The molecule has 180 valence electrons. The van der Waals surface area contributed by atoms with Crippen molar-refractivity contribution in [3.05, 3.63) is 88.4 Å². The lowest BCUT2D eigenvalue weighted by atomic mass is 9.98. The number of carboxylic acid groups (broad SMARTS) is 1. The van der Waals surface area contributed by atoms with Crippen LogP contribution >= 0.6 is 0 Å². The number of hydrogen-bond donors (Lipinski definition) is 4. The Kier molecular flexibility index (Phi) is 6.96. The second kappa shape index (κ2) is 10.3. The average molecular weight is 474 g/mol. The third-order valence-electron chi connectivity index (χ3n) is 5.68. The number of benzene rings is 2. The molecule has 4 N–H and O–H groups in total. The summed E-state index contributed by atoms with van der Waals surface area (Å²) < 4.78 is 5.38. The van der Waals surface area contributed by atoms with Crippen molar-refractivity contribution in [3.8, 4) is 11.3 Å². The number of rotatable bonds is 9. The van der Waals surface area contributed by atoms with Crippen molar-refractivity contribution >= 4 is 17.8 Å². The number of carboxylic acids is 1. The third kappa shape index (κ3) is 5.75. The van der Waals surface area contributed by atoms with Crippen LogP contribution in [0.3, 0.4) is 0 Å². The summed E-state index contributed by atoms with van der Waals surface area (Å²) in [4.78, 5) is 31.8. The number of H-pyrrole nitrogens is 1. The van der Waals surface area contributed by atoms with Crippen molar-refractivity contribution in [1.82, 2.24) is 20.4 Å². The fourth-order valence-corrected chi connectivity index (χ4v) is 4.08. The molecule has 9 heteroatoms. The van der Waals surface area contributed by atoms with Gasteiger partial charge in [0.1, 0.15) is 11.7 Å². The van der Waals surface area contributed by atoms with E-state index in [1.54, 1.807) is 12.4 Å². The smallest absolute Gasteiger partial charge is 0.326 e. The number of hydrogen-bond acceptors (Lipinski definition) is 6. The highest BCUT2D eigenvalue weighted by Gasteiger charge is 2.23. The van der Waals surface area contributed by atoms with Crippen molar-refractivity contribution in [2.45, 2.75) is 39.8 Å². The van der Waals surface area contributed by atoms with Gasteiger partial charge in [0.05, 0.1) is 6.54 Å². The van der Waals surface area contributed by atoms with Gasteiger partial charge in [-0.2, -0.15) is 0 Å². The molecule has 4 rings (SSSR count). The number of nitrogens with zero attached hydrogens (tertiary/aromatic N) is 2. The molecule has 0 aliphatic carbocycles. The van der Waals surface area contributed by atoms with Crippen molar-refractivity contribution in [1.29, 1.82) is 0 Å².